The maximum absolute atomic E-state index is 11.3. The highest BCUT2D eigenvalue weighted by atomic mass is 16.5. The van der Waals surface area contributed by atoms with Gasteiger partial charge in [0.2, 0.25) is 0 Å². The molecule has 164 valence electrons. The van der Waals surface area contributed by atoms with Crippen molar-refractivity contribution in [1.82, 2.24) is 0 Å². The van der Waals surface area contributed by atoms with Crippen LogP contribution in [0.25, 0.3) is 11.6 Å². The number of carbonyl (C=O) groups is 1. The first kappa shape index (κ1) is 22.7. The zero-order valence-corrected chi connectivity index (χ0v) is 18.6. The van der Waals surface area contributed by atoms with Gasteiger partial charge >= 0.3 is 5.97 Å². The molecule has 0 aromatic heterocycles. The summed E-state index contributed by atoms with van der Waals surface area (Å²) in [6, 6.07) is 14.7. The predicted octanol–water partition coefficient (Wildman–Crippen LogP) is 6.24. The quantitative estimate of drug-likeness (QED) is 0.259. The van der Waals surface area contributed by atoms with E-state index in [0.717, 1.165) is 55.6 Å². The van der Waals surface area contributed by atoms with Crippen molar-refractivity contribution in [2.75, 3.05) is 20.3 Å². The van der Waals surface area contributed by atoms with Crippen LogP contribution in [0.1, 0.15) is 55.7 Å². The molecule has 0 saturated heterocycles. The number of rotatable bonds is 10. The summed E-state index contributed by atoms with van der Waals surface area (Å²) in [5, 5.41) is 0. The summed E-state index contributed by atoms with van der Waals surface area (Å²) in [5.74, 6) is 1.33. The maximum Gasteiger partial charge on any atom is 0.333 e. The van der Waals surface area contributed by atoms with Gasteiger partial charge in [-0.2, -0.15) is 0 Å². The lowest BCUT2D eigenvalue weighted by molar-refractivity contribution is -0.139. The van der Waals surface area contributed by atoms with Gasteiger partial charge < -0.3 is 14.2 Å². The number of allylic oxidation sites excluding steroid dienone is 1. The minimum atomic E-state index is -0.323. The van der Waals surface area contributed by atoms with E-state index in [-0.39, 0.29) is 5.97 Å². The van der Waals surface area contributed by atoms with E-state index in [9.17, 15) is 4.79 Å². The molecular weight excluding hydrogens is 388 g/mol. The van der Waals surface area contributed by atoms with E-state index in [1.165, 1.54) is 16.7 Å². The first-order valence-corrected chi connectivity index (χ1v) is 11.0. The smallest absolute Gasteiger partial charge is 0.333 e. The number of benzene rings is 2. The normalized spacial score (nSPS) is 12.9. The Bertz CT molecular complexity index is 942. The van der Waals surface area contributed by atoms with E-state index in [2.05, 4.69) is 43.0 Å². The van der Waals surface area contributed by atoms with Crippen LogP contribution in [0.4, 0.5) is 0 Å². The van der Waals surface area contributed by atoms with Gasteiger partial charge in [-0.25, -0.2) is 4.79 Å². The number of hydrogen-bond donors (Lipinski definition) is 0. The molecule has 0 atom stereocenters. The van der Waals surface area contributed by atoms with Gasteiger partial charge in [0.05, 0.1) is 20.3 Å². The number of esters is 1. The van der Waals surface area contributed by atoms with Crippen LogP contribution in [-0.2, 0) is 16.0 Å². The second-order valence-electron chi connectivity index (χ2n) is 7.91. The van der Waals surface area contributed by atoms with Gasteiger partial charge in [0.1, 0.15) is 11.5 Å². The third-order valence-electron chi connectivity index (χ3n) is 5.44. The third-order valence-corrected chi connectivity index (χ3v) is 5.44. The van der Waals surface area contributed by atoms with Crippen molar-refractivity contribution < 1.29 is 19.0 Å². The molecule has 4 heteroatoms. The van der Waals surface area contributed by atoms with Crippen LogP contribution in [0.5, 0.6) is 11.5 Å². The molecule has 2 aromatic rings. The van der Waals surface area contributed by atoms with Gasteiger partial charge in [0, 0.05) is 17.2 Å². The van der Waals surface area contributed by atoms with Gasteiger partial charge in [-0.15, -0.1) is 0 Å². The molecule has 0 N–H and O–H groups in total. The van der Waals surface area contributed by atoms with Crippen molar-refractivity contribution in [2.45, 2.75) is 45.4 Å². The van der Waals surface area contributed by atoms with E-state index in [0.29, 0.717) is 18.8 Å². The highest BCUT2D eigenvalue weighted by molar-refractivity contribution is 5.87. The molecule has 0 aliphatic heterocycles. The Kier molecular flexibility index (Phi) is 8.34. The average molecular weight is 421 g/mol. The number of fused-ring (bicyclic) bond motifs is 1. The van der Waals surface area contributed by atoms with Crippen LogP contribution in [0.2, 0.25) is 0 Å². The van der Waals surface area contributed by atoms with Gasteiger partial charge in [-0.1, -0.05) is 36.9 Å². The lowest BCUT2D eigenvalue weighted by atomic mass is 9.99. The van der Waals surface area contributed by atoms with Crippen molar-refractivity contribution in [3.8, 4) is 11.5 Å². The maximum atomic E-state index is 11.3. The van der Waals surface area contributed by atoms with Gasteiger partial charge in [-0.05, 0) is 74.3 Å². The zero-order valence-electron chi connectivity index (χ0n) is 18.6. The van der Waals surface area contributed by atoms with Gasteiger partial charge in [-0.3, -0.25) is 0 Å². The second-order valence-corrected chi connectivity index (χ2v) is 7.91. The molecule has 2 aromatic carbocycles. The molecule has 1 aliphatic carbocycles. The standard InChI is InChI=1S/C27H32O4/c1-20(2)27(28)31-17-8-4-7-16-30-24-14-15-25(26(19-24)29-3)23-13-9-12-21-10-5-6-11-22(21)18-23/h5-6,10-11,14-15,18-19H,1,4,7-9,12-13,16-17H2,2-3H3. The zero-order chi connectivity index (χ0) is 22.1. The lowest BCUT2D eigenvalue weighted by Gasteiger charge is -2.14. The number of ether oxygens (including phenoxy) is 3. The van der Waals surface area contributed by atoms with Crippen LogP contribution >= 0.6 is 0 Å². The SMILES string of the molecule is C=C(C)C(=O)OCCCCCOc1ccc(C2=Cc3ccccc3CCC2)c(OC)c1. The predicted molar refractivity (Wildman–Crippen MR) is 125 cm³/mol. The Morgan fingerprint density at radius 1 is 1.03 bits per heavy atom. The average Bonchev–Trinajstić information content (AvgIpc) is 3.00. The van der Waals surface area contributed by atoms with Crippen molar-refractivity contribution in [1.29, 1.82) is 0 Å². The number of hydrogen-bond acceptors (Lipinski definition) is 4. The van der Waals surface area contributed by atoms with Crippen LogP contribution < -0.4 is 9.47 Å². The molecule has 0 saturated carbocycles. The molecular formula is C27H32O4. The minimum absolute atomic E-state index is 0.323. The summed E-state index contributed by atoms with van der Waals surface area (Å²) in [6.07, 6.45) is 8.21. The number of methoxy groups -OCH3 is 1. The Morgan fingerprint density at radius 3 is 2.65 bits per heavy atom. The Balaban J connectivity index is 1.54. The summed E-state index contributed by atoms with van der Waals surface area (Å²) in [4.78, 5) is 11.3. The first-order chi connectivity index (χ1) is 15.1. The molecule has 3 rings (SSSR count). The Morgan fingerprint density at radius 2 is 1.84 bits per heavy atom. The van der Waals surface area contributed by atoms with E-state index in [1.807, 2.05) is 12.1 Å². The van der Waals surface area contributed by atoms with Crippen LogP contribution in [0, 0.1) is 0 Å². The molecule has 0 spiro atoms. The summed E-state index contributed by atoms with van der Waals surface area (Å²) >= 11 is 0. The highest BCUT2D eigenvalue weighted by Crippen LogP contribution is 2.36. The largest absolute Gasteiger partial charge is 0.496 e. The van der Waals surface area contributed by atoms with E-state index in [1.54, 1.807) is 14.0 Å². The van der Waals surface area contributed by atoms with E-state index < -0.39 is 0 Å². The minimum Gasteiger partial charge on any atom is -0.496 e. The number of aryl methyl sites for hydroxylation is 1. The summed E-state index contributed by atoms with van der Waals surface area (Å²) in [7, 11) is 1.71. The number of unbranched alkanes of at least 4 members (excludes halogenated alkanes) is 2. The fraction of sp³-hybridized carbons (Fsp3) is 0.370. The summed E-state index contributed by atoms with van der Waals surface area (Å²) < 4.78 is 16.7. The summed E-state index contributed by atoms with van der Waals surface area (Å²) in [6.45, 7) is 6.27. The molecule has 0 heterocycles. The Hall–Kier alpha value is -3.01. The van der Waals surface area contributed by atoms with Crippen molar-refractivity contribution >= 4 is 17.6 Å². The van der Waals surface area contributed by atoms with Crippen LogP contribution in [0.3, 0.4) is 0 Å². The Labute approximate surface area is 185 Å². The number of carbonyl (C=O) groups excluding carboxylic acids is 1. The monoisotopic (exact) mass is 420 g/mol. The van der Waals surface area contributed by atoms with E-state index in [4.69, 9.17) is 14.2 Å². The molecule has 1 aliphatic rings. The lowest BCUT2D eigenvalue weighted by Crippen LogP contribution is -2.06. The molecule has 31 heavy (non-hydrogen) atoms. The van der Waals surface area contributed by atoms with Crippen molar-refractivity contribution in [3.05, 3.63) is 71.3 Å². The topological polar surface area (TPSA) is 44.8 Å². The second kappa shape index (κ2) is 11.4. The van der Waals surface area contributed by atoms with Crippen molar-refractivity contribution in [2.24, 2.45) is 0 Å². The summed E-state index contributed by atoms with van der Waals surface area (Å²) in [5.41, 5.74) is 5.57. The fourth-order valence-electron chi connectivity index (χ4n) is 3.73. The molecule has 4 nitrogen and oxygen atoms in total. The van der Waals surface area contributed by atoms with Crippen LogP contribution in [0.15, 0.2) is 54.6 Å². The first-order valence-electron chi connectivity index (χ1n) is 11.0. The van der Waals surface area contributed by atoms with Gasteiger partial charge in [0.25, 0.3) is 0 Å². The molecule has 0 amide bonds. The molecule has 0 fully saturated rings. The highest BCUT2D eigenvalue weighted by Gasteiger charge is 2.14. The molecule has 0 bridgehead atoms. The fourth-order valence-corrected chi connectivity index (χ4v) is 3.73. The third kappa shape index (κ3) is 6.48. The molecule has 0 radical (unpaired) electrons. The van der Waals surface area contributed by atoms with Crippen molar-refractivity contribution in [3.63, 3.8) is 0 Å². The van der Waals surface area contributed by atoms with Crippen LogP contribution in [-0.4, -0.2) is 26.3 Å². The van der Waals surface area contributed by atoms with E-state index >= 15 is 0 Å². The van der Waals surface area contributed by atoms with Gasteiger partial charge in [0.15, 0.2) is 0 Å². The molecule has 0 unspecified atom stereocenters.